The van der Waals surface area contributed by atoms with E-state index >= 15 is 0 Å². The second-order valence-electron chi connectivity index (χ2n) is 4.22. The van der Waals surface area contributed by atoms with Gasteiger partial charge < -0.3 is 14.8 Å². The van der Waals surface area contributed by atoms with Crippen LogP contribution in [0.15, 0.2) is 36.7 Å². The van der Waals surface area contributed by atoms with Crippen molar-refractivity contribution in [3.63, 3.8) is 0 Å². The molecular weight excluding hydrogens is 240 g/mol. The van der Waals surface area contributed by atoms with E-state index in [1.54, 1.807) is 20.4 Å². The van der Waals surface area contributed by atoms with Crippen molar-refractivity contribution in [2.45, 2.75) is 13.5 Å². The molecule has 0 fully saturated rings. The minimum atomic E-state index is 0.680. The normalized spacial score (nSPS) is 10.1. The third-order valence-electron chi connectivity index (χ3n) is 3.00. The molecule has 0 saturated carbocycles. The van der Waals surface area contributed by atoms with E-state index in [4.69, 9.17) is 9.47 Å². The highest BCUT2D eigenvalue weighted by Gasteiger charge is 2.05. The van der Waals surface area contributed by atoms with Crippen molar-refractivity contribution < 1.29 is 9.47 Å². The molecule has 0 bridgehead atoms. The van der Waals surface area contributed by atoms with Crippen molar-refractivity contribution in [2.24, 2.45) is 0 Å². The second kappa shape index (κ2) is 6.09. The first-order valence-electron chi connectivity index (χ1n) is 6.10. The molecule has 0 radical (unpaired) electrons. The molecule has 1 aromatic carbocycles. The maximum absolute atomic E-state index is 5.37. The monoisotopic (exact) mass is 258 g/mol. The quantitative estimate of drug-likeness (QED) is 0.895. The van der Waals surface area contributed by atoms with Gasteiger partial charge in [0.25, 0.3) is 0 Å². The number of aromatic nitrogens is 1. The zero-order chi connectivity index (χ0) is 13.7. The number of hydrogen-bond donors (Lipinski definition) is 1. The van der Waals surface area contributed by atoms with Gasteiger partial charge in [0.05, 0.1) is 26.1 Å². The van der Waals surface area contributed by atoms with E-state index in [1.807, 2.05) is 30.5 Å². The number of pyridine rings is 1. The number of rotatable bonds is 5. The first-order valence-corrected chi connectivity index (χ1v) is 6.10. The lowest BCUT2D eigenvalue weighted by atomic mass is 10.1. The molecule has 19 heavy (non-hydrogen) atoms. The van der Waals surface area contributed by atoms with E-state index in [9.17, 15) is 0 Å². The molecule has 4 nitrogen and oxygen atoms in total. The Bertz CT molecular complexity index is 556. The Hall–Kier alpha value is -2.23. The number of ether oxygens (including phenoxy) is 2. The van der Waals surface area contributed by atoms with Gasteiger partial charge in [0.2, 0.25) is 0 Å². The Kier molecular flexibility index (Phi) is 4.23. The fourth-order valence-electron chi connectivity index (χ4n) is 1.84. The van der Waals surface area contributed by atoms with Crippen molar-refractivity contribution in [3.05, 3.63) is 47.8 Å². The average molecular weight is 258 g/mol. The van der Waals surface area contributed by atoms with Crippen LogP contribution in [0.4, 0.5) is 5.69 Å². The lowest BCUT2D eigenvalue weighted by Gasteiger charge is -2.13. The average Bonchev–Trinajstić information content (AvgIpc) is 2.46. The van der Waals surface area contributed by atoms with E-state index in [0.717, 1.165) is 22.7 Å². The van der Waals surface area contributed by atoms with E-state index in [2.05, 4.69) is 17.2 Å². The van der Waals surface area contributed by atoms with Crippen LogP contribution in [0.25, 0.3) is 0 Å². The van der Waals surface area contributed by atoms with Gasteiger partial charge in [0.1, 0.15) is 11.5 Å². The molecule has 100 valence electrons. The predicted octanol–water partition coefficient (Wildman–Crippen LogP) is 3.02. The number of aryl methyl sites for hydroxylation is 1. The fourth-order valence-corrected chi connectivity index (χ4v) is 1.84. The molecule has 0 spiro atoms. The summed E-state index contributed by atoms with van der Waals surface area (Å²) >= 11 is 0. The van der Waals surface area contributed by atoms with Gasteiger partial charge in [-0.05, 0) is 30.7 Å². The van der Waals surface area contributed by atoms with Crippen LogP contribution in [0.3, 0.4) is 0 Å². The number of methoxy groups -OCH3 is 2. The Balaban J connectivity index is 2.13. The van der Waals surface area contributed by atoms with Crippen LogP contribution in [-0.4, -0.2) is 19.2 Å². The van der Waals surface area contributed by atoms with Gasteiger partial charge in [-0.25, -0.2) is 0 Å². The molecule has 0 atom stereocenters. The van der Waals surface area contributed by atoms with Crippen LogP contribution in [0, 0.1) is 6.92 Å². The highest BCUT2D eigenvalue weighted by molar-refractivity contribution is 5.50. The second-order valence-corrected chi connectivity index (χ2v) is 4.22. The van der Waals surface area contributed by atoms with Crippen LogP contribution in [0.5, 0.6) is 11.5 Å². The minimum absolute atomic E-state index is 0.680. The molecule has 4 heteroatoms. The highest BCUT2D eigenvalue weighted by atomic mass is 16.5. The van der Waals surface area contributed by atoms with Crippen molar-refractivity contribution in [1.29, 1.82) is 0 Å². The van der Waals surface area contributed by atoms with Crippen molar-refractivity contribution in [3.8, 4) is 11.5 Å². The highest BCUT2D eigenvalue weighted by Crippen LogP contribution is 2.25. The topological polar surface area (TPSA) is 43.4 Å². The van der Waals surface area contributed by atoms with E-state index < -0.39 is 0 Å². The standard InChI is InChI=1S/C15H18N2O2/c1-11-6-7-16-10-14(11)17-9-12-4-5-13(18-2)8-15(12)19-3/h4-8,10,17H,9H2,1-3H3. The van der Waals surface area contributed by atoms with E-state index in [-0.39, 0.29) is 0 Å². The lowest BCUT2D eigenvalue weighted by molar-refractivity contribution is 0.391. The third-order valence-corrected chi connectivity index (χ3v) is 3.00. The van der Waals surface area contributed by atoms with Gasteiger partial charge in [-0.15, -0.1) is 0 Å². The van der Waals surface area contributed by atoms with Crippen LogP contribution < -0.4 is 14.8 Å². The number of benzene rings is 1. The minimum Gasteiger partial charge on any atom is -0.497 e. The molecule has 0 aliphatic rings. The van der Waals surface area contributed by atoms with Gasteiger partial charge >= 0.3 is 0 Å². The predicted molar refractivity (Wildman–Crippen MR) is 75.8 cm³/mol. The number of nitrogens with one attached hydrogen (secondary N) is 1. The van der Waals surface area contributed by atoms with Crippen LogP contribution >= 0.6 is 0 Å². The molecule has 0 aliphatic heterocycles. The number of hydrogen-bond acceptors (Lipinski definition) is 4. The molecule has 0 unspecified atom stereocenters. The Morgan fingerprint density at radius 2 is 2.00 bits per heavy atom. The summed E-state index contributed by atoms with van der Waals surface area (Å²) in [5.74, 6) is 1.60. The smallest absolute Gasteiger partial charge is 0.127 e. The van der Waals surface area contributed by atoms with Crippen LogP contribution in [-0.2, 0) is 6.54 Å². The molecular formula is C15H18N2O2. The molecule has 0 saturated heterocycles. The van der Waals surface area contributed by atoms with Crippen LogP contribution in [0.2, 0.25) is 0 Å². The van der Waals surface area contributed by atoms with Crippen molar-refractivity contribution in [2.75, 3.05) is 19.5 Å². The summed E-state index contributed by atoms with van der Waals surface area (Å²) in [7, 11) is 3.30. The largest absolute Gasteiger partial charge is 0.497 e. The van der Waals surface area contributed by atoms with Crippen LogP contribution in [0.1, 0.15) is 11.1 Å². The zero-order valence-corrected chi connectivity index (χ0v) is 11.4. The van der Waals surface area contributed by atoms with Crippen molar-refractivity contribution in [1.82, 2.24) is 4.98 Å². The van der Waals surface area contributed by atoms with E-state index in [1.165, 1.54) is 5.56 Å². The first-order chi connectivity index (χ1) is 9.24. The lowest BCUT2D eigenvalue weighted by Crippen LogP contribution is -2.03. The number of nitrogens with zero attached hydrogens (tertiary/aromatic N) is 1. The van der Waals surface area contributed by atoms with Gasteiger partial charge in [0, 0.05) is 24.4 Å². The van der Waals surface area contributed by atoms with Gasteiger partial charge in [-0.3, -0.25) is 4.98 Å². The van der Waals surface area contributed by atoms with E-state index in [0.29, 0.717) is 6.54 Å². The summed E-state index contributed by atoms with van der Waals surface area (Å²) in [4.78, 5) is 4.11. The van der Waals surface area contributed by atoms with Gasteiger partial charge in [0.15, 0.2) is 0 Å². The third kappa shape index (κ3) is 3.16. The first kappa shape index (κ1) is 13.2. The summed E-state index contributed by atoms with van der Waals surface area (Å²) in [6.45, 7) is 2.73. The maximum Gasteiger partial charge on any atom is 0.127 e. The van der Waals surface area contributed by atoms with Gasteiger partial charge in [-0.1, -0.05) is 0 Å². The summed E-state index contributed by atoms with van der Waals surface area (Å²) in [6.07, 6.45) is 3.61. The molecule has 1 aromatic heterocycles. The maximum atomic E-state index is 5.37. The summed E-state index contributed by atoms with van der Waals surface area (Å²) in [5.41, 5.74) is 3.27. The van der Waals surface area contributed by atoms with Crippen molar-refractivity contribution >= 4 is 5.69 Å². The SMILES string of the molecule is COc1ccc(CNc2cnccc2C)c(OC)c1. The summed E-state index contributed by atoms with van der Waals surface area (Å²) < 4.78 is 10.6. The summed E-state index contributed by atoms with van der Waals surface area (Å²) in [5, 5.41) is 3.36. The Morgan fingerprint density at radius 1 is 1.16 bits per heavy atom. The molecule has 0 aliphatic carbocycles. The molecule has 2 aromatic rings. The fraction of sp³-hybridized carbons (Fsp3) is 0.267. The van der Waals surface area contributed by atoms with Gasteiger partial charge in [-0.2, -0.15) is 0 Å². The Labute approximate surface area is 113 Å². The molecule has 0 amide bonds. The number of anilines is 1. The zero-order valence-electron chi connectivity index (χ0n) is 11.4. The molecule has 2 rings (SSSR count). The molecule has 1 heterocycles. The summed E-state index contributed by atoms with van der Waals surface area (Å²) in [6, 6.07) is 7.78. The Morgan fingerprint density at radius 3 is 2.68 bits per heavy atom. The molecule has 1 N–H and O–H groups in total.